The van der Waals surface area contributed by atoms with Gasteiger partial charge in [-0.15, -0.1) is 6.42 Å². The SMILES string of the molecule is C#CCOCCOCCOCCOCCN1C(=O)C=C(C)C1=O. The molecule has 0 aliphatic carbocycles. The fourth-order valence-corrected chi connectivity index (χ4v) is 1.80. The van der Waals surface area contributed by atoms with Crippen molar-refractivity contribution in [3.05, 3.63) is 11.6 Å². The number of amides is 2. The van der Waals surface area contributed by atoms with Crippen molar-refractivity contribution >= 4 is 11.8 Å². The molecule has 0 aromatic heterocycles. The largest absolute Gasteiger partial charge is 0.377 e. The van der Waals surface area contributed by atoms with E-state index in [1.807, 2.05) is 0 Å². The van der Waals surface area contributed by atoms with E-state index in [0.29, 0.717) is 58.4 Å². The minimum atomic E-state index is -0.282. The normalized spacial score (nSPS) is 14.3. The minimum absolute atomic E-state index is 0.252. The lowest BCUT2D eigenvalue weighted by atomic mass is 10.3. The highest BCUT2D eigenvalue weighted by Gasteiger charge is 2.27. The number of ether oxygens (including phenoxy) is 4. The second-order valence-electron chi connectivity index (χ2n) is 4.72. The summed E-state index contributed by atoms with van der Waals surface area (Å²) in [4.78, 5) is 24.2. The van der Waals surface area contributed by atoms with Crippen LogP contribution in [0, 0.1) is 12.3 Å². The van der Waals surface area contributed by atoms with Crippen molar-refractivity contribution < 1.29 is 28.5 Å². The molecule has 23 heavy (non-hydrogen) atoms. The molecule has 1 aliphatic heterocycles. The van der Waals surface area contributed by atoms with Crippen molar-refractivity contribution in [1.29, 1.82) is 0 Å². The predicted molar refractivity (Wildman–Crippen MR) is 82.6 cm³/mol. The second kappa shape index (κ2) is 11.8. The van der Waals surface area contributed by atoms with Gasteiger partial charge in [-0.3, -0.25) is 14.5 Å². The molecule has 1 aliphatic rings. The standard InChI is InChI=1S/C16H23NO6/c1-3-5-20-7-9-22-11-12-23-10-8-21-6-4-17-15(18)13-14(2)16(17)19/h1,13H,4-12H2,2H3. The average molecular weight is 325 g/mol. The van der Waals surface area contributed by atoms with Gasteiger partial charge in [-0.1, -0.05) is 5.92 Å². The van der Waals surface area contributed by atoms with Gasteiger partial charge in [0.1, 0.15) is 6.61 Å². The van der Waals surface area contributed by atoms with Gasteiger partial charge in [0.05, 0.1) is 52.8 Å². The van der Waals surface area contributed by atoms with Crippen molar-refractivity contribution in [3.8, 4) is 12.3 Å². The molecule has 0 saturated heterocycles. The van der Waals surface area contributed by atoms with Gasteiger partial charge in [0, 0.05) is 11.6 Å². The van der Waals surface area contributed by atoms with Gasteiger partial charge in [-0.2, -0.15) is 0 Å². The van der Waals surface area contributed by atoms with E-state index in [4.69, 9.17) is 25.4 Å². The van der Waals surface area contributed by atoms with Gasteiger partial charge in [-0.05, 0) is 6.92 Å². The summed E-state index contributed by atoms with van der Waals surface area (Å²) >= 11 is 0. The zero-order valence-electron chi connectivity index (χ0n) is 13.4. The van der Waals surface area contributed by atoms with Crippen LogP contribution in [0.15, 0.2) is 11.6 Å². The lowest BCUT2D eigenvalue weighted by molar-refractivity contribution is -0.138. The Morgan fingerprint density at radius 2 is 1.48 bits per heavy atom. The number of nitrogens with zero attached hydrogens (tertiary/aromatic N) is 1. The molecule has 0 fully saturated rings. The molecule has 0 atom stereocenters. The van der Waals surface area contributed by atoms with Crippen LogP contribution in [0.4, 0.5) is 0 Å². The van der Waals surface area contributed by atoms with Crippen LogP contribution < -0.4 is 0 Å². The van der Waals surface area contributed by atoms with Gasteiger partial charge >= 0.3 is 0 Å². The third-order valence-corrected chi connectivity index (χ3v) is 2.95. The quantitative estimate of drug-likeness (QED) is 0.270. The van der Waals surface area contributed by atoms with Gasteiger partial charge in [0.15, 0.2) is 0 Å². The maximum absolute atomic E-state index is 11.6. The molecule has 1 heterocycles. The van der Waals surface area contributed by atoms with Crippen LogP contribution >= 0.6 is 0 Å². The van der Waals surface area contributed by atoms with Gasteiger partial charge < -0.3 is 18.9 Å². The summed E-state index contributed by atoms with van der Waals surface area (Å²) in [7, 11) is 0. The van der Waals surface area contributed by atoms with E-state index in [2.05, 4.69) is 5.92 Å². The zero-order valence-corrected chi connectivity index (χ0v) is 13.4. The first-order valence-electron chi connectivity index (χ1n) is 7.45. The molecule has 7 heteroatoms. The maximum atomic E-state index is 11.6. The fourth-order valence-electron chi connectivity index (χ4n) is 1.80. The number of rotatable bonds is 13. The summed E-state index contributed by atoms with van der Waals surface area (Å²) in [6.45, 7) is 5.18. The number of hydrogen-bond donors (Lipinski definition) is 0. The Morgan fingerprint density at radius 3 is 1.96 bits per heavy atom. The molecule has 2 amide bonds. The molecule has 1 rings (SSSR count). The van der Waals surface area contributed by atoms with Crippen LogP contribution in [0.5, 0.6) is 0 Å². The Labute approximate surface area is 136 Å². The van der Waals surface area contributed by atoms with Crippen molar-refractivity contribution in [1.82, 2.24) is 4.90 Å². The van der Waals surface area contributed by atoms with Crippen LogP contribution in [-0.4, -0.2) is 76.1 Å². The van der Waals surface area contributed by atoms with E-state index in [-0.39, 0.29) is 18.4 Å². The molecule has 0 radical (unpaired) electrons. The first-order chi connectivity index (χ1) is 11.2. The third-order valence-electron chi connectivity index (χ3n) is 2.95. The van der Waals surface area contributed by atoms with E-state index in [0.717, 1.165) is 0 Å². The van der Waals surface area contributed by atoms with Crippen molar-refractivity contribution in [2.75, 3.05) is 59.4 Å². The summed E-state index contributed by atoms with van der Waals surface area (Å²) in [5.41, 5.74) is 0.461. The Bertz CT molecular complexity index is 454. The number of carbonyl (C=O) groups is 2. The fraction of sp³-hybridized carbons (Fsp3) is 0.625. The molecular formula is C16H23NO6. The molecule has 128 valence electrons. The summed E-state index contributed by atoms with van der Waals surface area (Å²) < 4.78 is 20.9. The van der Waals surface area contributed by atoms with Crippen LogP contribution in [0.2, 0.25) is 0 Å². The highest BCUT2D eigenvalue weighted by atomic mass is 16.6. The van der Waals surface area contributed by atoms with E-state index in [1.165, 1.54) is 11.0 Å². The number of imide groups is 1. The number of terminal acetylenes is 1. The Morgan fingerprint density at radius 1 is 0.957 bits per heavy atom. The molecule has 0 unspecified atom stereocenters. The maximum Gasteiger partial charge on any atom is 0.256 e. The van der Waals surface area contributed by atoms with Crippen LogP contribution in [0.1, 0.15) is 6.92 Å². The molecule has 7 nitrogen and oxygen atoms in total. The van der Waals surface area contributed by atoms with Crippen molar-refractivity contribution in [2.45, 2.75) is 6.92 Å². The van der Waals surface area contributed by atoms with Crippen molar-refractivity contribution in [2.24, 2.45) is 0 Å². The predicted octanol–water partition coefficient (Wildman–Crippen LogP) is 0.00110. The highest BCUT2D eigenvalue weighted by Crippen LogP contribution is 2.10. The van der Waals surface area contributed by atoms with Gasteiger partial charge in [0.2, 0.25) is 0 Å². The molecule has 0 N–H and O–H groups in total. The second-order valence-corrected chi connectivity index (χ2v) is 4.72. The monoisotopic (exact) mass is 325 g/mol. The van der Waals surface area contributed by atoms with E-state index in [9.17, 15) is 9.59 Å². The smallest absolute Gasteiger partial charge is 0.256 e. The van der Waals surface area contributed by atoms with Gasteiger partial charge in [-0.25, -0.2) is 0 Å². The Balaban J connectivity index is 1.85. The van der Waals surface area contributed by atoms with Crippen molar-refractivity contribution in [3.63, 3.8) is 0 Å². The zero-order chi connectivity index (χ0) is 16.9. The lowest BCUT2D eigenvalue weighted by Gasteiger charge is -2.14. The molecular weight excluding hydrogens is 302 g/mol. The summed E-state index contributed by atoms with van der Waals surface area (Å²) in [5, 5.41) is 0. The average Bonchev–Trinajstić information content (AvgIpc) is 2.77. The Kier molecular flexibility index (Phi) is 9.91. The van der Waals surface area contributed by atoms with Crippen LogP contribution in [0.3, 0.4) is 0 Å². The third kappa shape index (κ3) is 7.90. The van der Waals surface area contributed by atoms with E-state index >= 15 is 0 Å². The number of hydrogen-bond acceptors (Lipinski definition) is 6. The van der Waals surface area contributed by atoms with E-state index < -0.39 is 0 Å². The first kappa shape index (κ1) is 19.3. The molecule has 0 aromatic rings. The molecule has 0 bridgehead atoms. The highest BCUT2D eigenvalue weighted by molar-refractivity contribution is 6.15. The Hall–Kier alpha value is -1.72. The van der Waals surface area contributed by atoms with Crippen LogP contribution in [-0.2, 0) is 28.5 Å². The van der Waals surface area contributed by atoms with Crippen LogP contribution in [0.25, 0.3) is 0 Å². The van der Waals surface area contributed by atoms with E-state index in [1.54, 1.807) is 6.92 Å². The summed E-state index contributed by atoms with van der Waals surface area (Å²) in [5.74, 6) is 1.84. The lowest BCUT2D eigenvalue weighted by Crippen LogP contribution is -2.34. The molecule has 0 aromatic carbocycles. The summed E-state index contributed by atoms with van der Waals surface area (Å²) in [6.07, 6.45) is 6.36. The first-order valence-corrected chi connectivity index (χ1v) is 7.45. The van der Waals surface area contributed by atoms with Gasteiger partial charge in [0.25, 0.3) is 11.8 Å². The molecule has 0 saturated carbocycles. The topological polar surface area (TPSA) is 74.3 Å². The minimum Gasteiger partial charge on any atom is -0.377 e. The summed E-state index contributed by atoms with van der Waals surface area (Å²) in [6, 6.07) is 0. The number of carbonyl (C=O) groups excluding carboxylic acids is 2. The molecule has 0 spiro atoms.